The fourth-order valence-corrected chi connectivity index (χ4v) is 1.61. The van der Waals surface area contributed by atoms with Gasteiger partial charge in [0.15, 0.2) is 0 Å². The number of rotatable bonds is 4. The summed E-state index contributed by atoms with van der Waals surface area (Å²) in [5, 5.41) is 9.12. The predicted molar refractivity (Wildman–Crippen MR) is 69.2 cm³/mol. The average Bonchev–Trinajstić information content (AvgIpc) is 2.38. The molecule has 1 N–H and O–H groups in total. The van der Waals surface area contributed by atoms with Gasteiger partial charge in [0.2, 0.25) is 5.88 Å². The standard InChI is InChI=1S/C14H16N2O2/c1-10(2)18-14-8-15-7-13(16-14)12-5-3-4-11(6-12)9-17/h3-8,10,17H,9H2,1-2H3. The zero-order valence-corrected chi connectivity index (χ0v) is 10.5. The van der Waals surface area contributed by atoms with Crippen molar-refractivity contribution >= 4 is 0 Å². The first kappa shape index (κ1) is 12.5. The maximum Gasteiger partial charge on any atom is 0.233 e. The maximum absolute atomic E-state index is 9.12. The molecule has 0 bridgehead atoms. The lowest BCUT2D eigenvalue weighted by atomic mass is 10.1. The summed E-state index contributed by atoms with van der Waals surface area (Å²) in [6, 6.07) is 7.58. The maximum atomic E-state index is 9.12. The molecule has 0 aliphatic carbocycles. The third-order valence-corrected chi connectivity index (χ3v) is 2.37. The first-order chi connectivity index (χ1) is 8.69. The molecule has 94 valence electrons. The normalized spacial score (nSPS) is 10.7. The Hall–Kier alpha value is -1.94. The van der Waals surface area contributed by atoms with Crippen molar-refractivity contribution in [3.8, 4) is 17.1 Å². The minimum atomic E-state index is 0.0173. The lowest BCUT2D eigenvalue weighted by Crippen LogP contribution is -2.07. The van der Waals surface area contributed by atoms with Crippen molar-refractivity contribution in [2.24, 2.45) is 0 Å². The van der Waals surface area contributed by atoms with Crippen LogP contribution >= 0.6 is 0 Å². The zero-order chi connectivity index (χ0) is 13.0. The molecule has 0 saturated heterocycles. The SMILES string of the molecule is CC(C)Oc1cncc(-c2cccc(CO)c2)n1. The van der Waals surface area contributed by atoms with Crippen LogP contribution in [-0.4, -0.2) is 21.2 Å². The number of hydrogen-bond donors (Lipinski definition) is 1. The molecule has 0 radical (unpaired) electrons. The van der Waals surface area contributed by atoms with Crippen LogP contribution < -0.4 is 4.74 Å². The van der Waals surface area contributed by atoms with Crippen LogP contribution in [0.1, 0.15) is 19.4 Å². The van der Waals surface area contributed by atoms with E-state index >= 15 is 0 Å². The second kappa shape index (κ2) is 5.60. The van der Waals surface area contributed by atoms with Crippen LogP contribution in [0.2, 0.25) is 0 Å². The monoisotopic (exact) mass is 244 g/mol. The minimum Gasteiger partial charge on any atom is -0.474 e. The van der Waals surface area contributed by atoms with E-state index in [1.807, 2.05) is 38.1 Å². The van der Waals surface area contributed by atoms with E-state index in [4.69, 9.17) is 9.84 Å². The Kier molecular flexibility index (Phi) is 3.89. The van der Waals surface area contributed by atoms with Crippen LogP contribution in [0, 0.1) is 0 Å². The highest BCUT2D eigenvalue weighted by Crippen LogP contribution is 2.20. The van der Waals surface area contributed by atoms with Gasteiger partial charge in [-0.2, -0.15) is 0 Å². The lowest BCUT2D eigenvalue weighted by Gasteiger charge is -2.09. The van der Waals surface area contributed by atoms with Gasteiger partial charge >= 0.3 is 0 Å². The molecule has 2 rings (SSSR count). The molecule has 1 aromatic carbocycles. The van der Waals surface area contributed by atoms with Crippen LogP contribution in [0.3, 0.4) is 0 Å². The third kappa shape index (κ3) is 3.05. The van der Waals surface area contributed by atoms with Crippen molar-refractivity contribution in [2.45, 2.75) is 26.6 Å². The molecular formula is C14H16N2O2. The van der Waals surface area contributed by atoms with E-state index < -0.39 is 0 Å². The number of ether oxygens (including phenoxy) is 1. The summed E-state index contributed by atoms with van der Waals surface area (Å²) in [6.07, 6.45) is 3.35. The molecule has 0 unspecified atom stereocenters. The number of benzene rings is 1. The van der Waals surface area contributed by atoms with Crippen molar-refractivity contribution in [2.75, 3.05) is 0 Å². The molecule has 4 heteroatoms. The molecule has 1 heterocycles. The molecule has 0 atom stereocenters. The fraction of sp³-hybridized carbons (Fsp3) is 0.286. The van der Waals surface area contributed by atoms with Gasteiger partial charge in [-0.3, -0.25) is 4.98 Å². The molecule has 2 aromatic rings. The van der Waals surface area contributed by atoms with Crippen molar-refractivity contribution in [3.05, 3.63) is 42.2 Å². The van der Waals surface area contributed by atoms with Crippen molar-refractivity contribution in [3.63, 3.8) is 0 Å². The van der Waals surface area contributed by atoms with Crippen LogP contribution in [0.15, 0.2) is 36.7 Å². The predicted octanol–water partition coefficient (Wildman–Crippen LogP) is 2.42. The molecule has 0 aliphatic rings. The van der Waals surface area contributed by atoms with E-state index in [1.54, 1.807) is 12.4 Å². The summed E-state index contributed by atoms with van der Waals surface area (Å²) >= 11 is 0. The first-order valence-electron chi connectivity index (χ1n) is 5.88. The van der Waals surface area contributed by atoms with E-state index in [0.29, 0.717) is 5.88 Å². The molecule has 0 aliphatic heterocycles. The smallest absolute Gasteiger partial charge is 0.233 e. The average molecular weight is 244 g/mol. The van der Waals surface area contributed by atoms with Crippen LogP contribution in [0.5, 0.6) is 5.88 Å². The number of aliphatic hydroxyl groups excluding tert-OH is 1. The number of nitrogens with zero attached hydrogens (tertiary/aromatic N) is 2. The van der Waals surface area contributed by atoms with Gasteiger partial charge in [0.25, 0.3) is 0 Å². The summed E-state index contributed by atoms with van der Waals surface area (Å²) in [7, 11) is 0. The Morgan fingerprint density at radius 1 is 1.28 bits per heavy atom. The zero-order valence-electron chi connectivity index (χ0n) is 10.5. The number of aliphatic hydroxyl groups is 1. The number of hydrogen-bond acceptors (Lipinski definition) is 4. The van der Waals surface area contributed by atoms with Crippen molar-refractivity contribution < 1.29 is 9.84 Å². The quantitative estimate of drug-likeness (QED) is 0.897. The van der Waals surface area contributed by atoms with Gasteiger partial charge < -0.3 is 9.84 Å². The summed E-state index contributed by atoms with van der Waals surface area (Å²) in [5.41, 5.74) is 2.51. The largest absolute Gasteiger partial charge is 0.474 e. The van der Waals surface area contributed by atoms with Crippen molar-refractivity contribution in [1.29, 1.82) is 0 Å². The molecule has 0 spiro atoms. The Morgan fingerprint density at radius 3 is 2.83 bits per heavy atom. The highest BCUT2D eigenvalue weighted by atomic mass is 16.5. The Labute approximate surface area is 106 Å². The molecule has 0 saturated carbocycles. The molecule has 0 fully saturated rings. The van der Waals surface area contributed by atoms with E-state index in [-0.39, 0.29) is 12.7 Å². The molecular weight excluding hydrogens is 228 g/mol. The second-order valence-electron chi connectivity index (χ2n) is 4.27. The highest BCUT2D eigenvalue weighted by molar-refractivity contribution is 5.59. The fourth-order valence-electron chi connectivity index (χ4n) is 1.61. The second-order valence-corrected chi connectivity index (χ2v) is 4.27. The highest BCUT2D eigenvalue weighted by Gasteiger charge is 2.05. The summed E-state index contributed by atoms with van der Waals surface area (Å²) in [5.74, 6) is 0.511. The van der Waals surface area contributed by atoms with Gasteiger partial charge in [0.1, 0.15) is 0 Å². The van der Waals surface area contributed by atoms with E-state index in [1.165, 1.54) is 0 Å². The van der Waals surface area contributed by atoms with Gasteiger partial charge in [0.05, 0.1) is 30.8 Å². The van der Waals surface area contributed by atoms with E-state index in [0.717, 1.165) is 16.8 Å². The Morgan fingerprint density at radius 2 is 2.11 bits per heavy atom. The van der Waals surface area contributed by atoms with Crippen LogP contribution in [0.4, 0.5) is 0 Å². The minimum absolute atomic E-state index is 0.0173. The summed E-state index contributed by atoms with van der Waals surface area (Å²) < 4.78 is 5.51. The molecule has 0 amide bonds. The Balaban J connectivity index is 2.32. The van der Waals surface area contributed by atoms with Gasteiger partial charge in [-0.25, -0.2) is 4.98 Å². The van der Waals surface area contributed by atoms with Crippen molar-refractivity contribution in [1.82, 2.24) is 9.97 Å². The Bertz CT molecular complexity index is 527. The number of aromatic nitrogens is 2. The van der Waals surface area contributed by atoms with Crippen LogP contribution in [-0.2, 0) is 6.61 Å². The molecule has 4 nitrogen and oxygen atoms in total. The van der Waals surface area contributed by atoms with Gasteiger partial charge in [0, 0.05) is 5.56 Å². The van der Waals surface area contributed by atoms with Crippen LogP contribution in [0.25, 0.3) is 11.3 Å². The lowest BCUT2D eigenvalue weighted by molar-refractivity contribution is 0.232. The topological polar surface area (TPSA) is 55.2 Å². The van der Waals surface area contributed by atoms with E-state index in [9.17, 15) is 0 Å². The van der Waals surface area contributed by atoms with Gasteiger partial charge in [-0.1, -0.05) is 18.2 Å². The van der Waals surface area contributed by atoms with Gasteiger partial charge in [-0.15, -0.1) is 0 Å². The third-order valence-electron chi connectivity index (χ3n) is 2.37. The van der Waals surface area contributed by atoms with Gasteiger partial charge in [-0.05, 0) is 25.5 Å². The first-order valence-corrected chi connectivity index (χ1v) is 5.88. The van der Waals surface area contributed by atoms with E-state index in [2.05, 4.69) is 9.97 Å². The summed E-state index contributed by atoms with van der Waals surface area (Å²) in [6.45, 7) is 3.91. The molecule has 18 heavy (non-hydrogen) atoms. The molecule has 1 aromatic heterocycles. The summed E-state index contributed by atoms with van der Waals surface area (Å²) in [4.78, 5) is 8.51.